The molecule has 1 aliphatic rings. The van der Waals surface area contributed by atoms with E-state index in [1.54, 1.807) is 0 Å². The number of aliphatic hydroxyl groups is 1. The summed E-state index contributed by atoms with van der Waals surface area (Å²) >= 11 is 0. The highest BCUT2D eigenvalue weighted by atomic mass is 16.5. The molecule has 198 valence electrons. The van der Waals surface area contributed by atoms with Crippen LogP contribution in [0.4, 0.5) is 0 Å². The Hall–Kier alpha value is -3.59. The van der Waals surface area contributed by atoms with Crippen molar-refractivity contribution in [2.24, 2.45) is 10.1 Å². The Labute approximate surface area is 217 Å². The topological polar surface area (TPSA) is 138 Å². The van der Waals surface area contributed by atoms with Gasteiger partial charge in [-0.2, -0.15) is 0 Å². The molecule has 0 bridgehead atoms. The van der Waals surface area contributed by atoms with E-state index >= 15 is 0 Å². The van der Waals surface area contributed by atoms with E-state index in [0.717, 1.165) is 16.7 Å². The van der Waals surface area contributed by atoms with Gasteiger partial charge in [0.2, 0.25) is 5.90 Å². The average Bonchev–Trinajstić information content (AvgIpc) is 3.33. The molecule has 2 aromatic rings. The summed E-state index contributed by atoms with van der Waals surface area (Å²) < 4.78 is 17.1. The Morgan fingerprint density at radius 1 is 1.19 bits per heavy atom. The third kappa shape index (κ3) is 8.21. The Morgan fingerprint density at radius 3 is 2.65 bits per heavy atom. The second kappa shape index (κ2) is 14.2. The number of carbonyl (C=O) groups is 1. The maximum Gasteiger partial charge on any atom is 0.251 e. The second-order valence-electron chi connectivity index (χ2n) is 9.05. The number of aliphatic imine (C=N–C) groups is 1. The van der Waals surface area contributed by atoms with Gasteiger partial charge < -0.3 is 24.6 Å². The number of amides is 1. The average molecular weight is 510 g/mol. The number of ether oxygens (including phenoxy) is 3. The first-order valence-corrected chi connectivity index (χ1v) is 12.5. The Kier molecular flexibility index (Phi) is 10.8. The van der Waals surface area contributed by atoms with E-state index in [1.807, 2.05) is 62.4 Å². The van der Waals surface area contributed by atoms with E-state index in [4.69, 9.17) is 29.8 Å². The summed E-state index contributed by atoms with van der Waals surface area (Å²) in [5.41, 5.74) is 10.1. The minimum absolute atomic E-state index is 0.0730. The smallest absolute Gasteiger partial charge is 0.251 e. The summed E-state index contributed by atoms with van der Waals surface area (Å²) in [6, 6.07) is 14.8. The number of azide groups is 1. The van der Waals surface area contributed by atoms with Gasteiger partial charge in [-0.05, 0) is 61.2 Å². The molecule has 0 spiro atoms. The van der Waals surface area contributed by atoms with Gasteiger partial charge in [-0.1, -0.05) is 29.4 Å². The van der Waals surface area contributed by atoms with E-state index in [-0.39, 0.29) is 31.8 Å². The molecule has 2 aromatic carbocycles. The number of aliphatic hydroxyl groups excluding tert-OH is 1. The van der Waals surface area contributed by atoms with Gasteiger partial charge in [0.25, 0.3) is 5.91 Å². The first-order valence-electron chi connectivity index (χ1n) is 12.5. The zero-order valence-electron chi connectivity index (χ0n) is 21.4. The predicted octanol–water partition coefficient (Wildman–Crippen LogP) is 3.95. The first-order chi connectivity index (χ1) is 18.0. The number of carbonyl (C=O) groups excluding carboxylic acids is 1. The molecule has 10 nitrogen and oxygen atoms in total. The maximum absolute atomic E-state index is 13.5. The Balaban J connectivity index is 1.82. The Morgan fingerprint density at radius 2 is 1.95 bits per heavy atom. The van der Waals surface area contributed by atoms with Crippen LogP contribution in [0.5, 0.6) is 5.75 Å². The van der Waals surface area contributed by atoms with Gasteiger partial charge in [0, 0.05) is 43.1 Å². The van der Waals surface area contributed by atoms with Crippen molar-refractivity contribution in [1.29, 1.82) is 0 Å². The van der Waals surface area contributed by atoms with Gasteiger partial charge in [-0.3, -0.25) is 4.79 Å². The summed E-state index contributed by atoms with van der Waals surface area (Å²) in [5, 5.41) is 15.6. The van der Waals surface area contributed by atoms with Crippen molar-refractivity contribution >= 4 is 11.8 Å². The van der Waals surface area contributed by atoms with Crippen LogP contribution in [-0.2, 0) is 27.2 Å². The van der Waals surface area contributed by atoms with Crippen molar-refractivity contribution in [2.45, 2.75) is 51.3 Å². The van der Waals surface area contributed by atoms with Crippen molar-refractivity contribution < 1.29 is 24.1 Å². The van der Waals surface area contributed by atoms with Crippen molar-refractivity contribution in [3.8, 4) is 5.75 Å². The van der Waals surface area contributed by atoms with Crippen LogP contribution < -0.4 is 10.1 Å². The van der Waals surface area contributed by atoms with E-state index < -0.39 is 5.54 Å². The summed E-state index contributed by atoms with van der Waals surface area (Å²) in [5.74, 6) is 0.831. The number of hydrogen-bond acceptors (Lipinski definition) is 7. The molecule has 0 aliphatic carbocycles. The molecule has 10 heteroatoms. The van der Waals surface area contributed by atoms with Crippen LogP contribution in [0, 0.1) is 0 Å². The standard InChI is InChI=1S/C27H35N5O5/c1-20(2)35-15-5-13-29-26(34)27(17-22-7-3-4-8-23(22)18-30-32-28)19-37-25(31-27)21-9-11-24(12-10-21)36-16-6-14-33/h3-4,7-12,20,33H,5-6,13-19H2,1-2H3,(H,29,34)/t27-/m1/s1. The zero-order valence-corrected chi connectivity index (χ0v) is 21.4. The fraction of sp³-hybridized carbons (Fsp3) is 0.481. The monoisotopic (exact) mass is 509 g/mol. The van der Waals surface area contributed by atoms with Crippen molar-refractivity contribution in [3.63, 3.8) is 0 Å². The highest BCUT2D eigenvalue weighted by Crippen LogP contribution is 2.29. The molecule has 0 saturated heterocycles. The molecular formula is C27H35N5O5. The van der Waals surface area contributed by atoms with Gasteiger partial charge in [-0.25, -0.2) is 4.99 Å². The molecule has 0 saturated carbocycles. The highest BCUT2D eigenvalue weighted by Gasteiger charge is 2.44. The summed E-state index contributed by atoms with van der Waals surface area (Å²) in [6.07, 6.45) is 1.67. The molecule has 1 atom stereocenters. The number of benzene rings is 2. The van der Waals surface area contributed by atoms with E-state index in [9.17, 15) is 4.79 Å². The second-order valence-corrected chi connectivity index (χ2v) is 9.05. The molecule has 1 heterocycles. The number of nitrogens with one attached hydrogen (secondary N) is 1. The summed E-state index contributed by atoms with van der Waals surface area (Å²) in [6.45, 7) is 5.73. The molecule has 0 unspecified atom stereocenters. The molecule has 0 aromatic heterocycles. The first kappa shape index (κ1) is 28.0. The van der Waals surface area contributed by atoms with Gasteiger partial charge in [0.05, 0.1) is 19.3 Å². The normalized spacial score (nSPS) is 16.6. The molecular weight excluding hydrogens is 474 g/mol. The Bertz CT molecular complexity index is 1100. The lowest BCUT2D eigenvalue weighted by atomic mass is 9.89. The number of nitrogens with zero attached hydrogens (tertiary/aromatic N) is 4. The van der Waals surface area contributed by atoms with Gasteiger partial charge in [0.15, 0.2) is 5.54 Å². The van der Waals surface area contributed by atoms with Crippen LogP contribution in [0.3, 0.4) is 0 Å². The molecule has 0 fully saturated rings. The molecule has 37 heavy (non-hydrogen) atoms. The minimum Gasteiger partial charge on any atom is -0.494 e. The summed E-state index contributed by atoms with van der Waals surface area (Å²) in [4.78, 5) is 21.2. The summed E-state index contributed by atoms with van der Waals surface area (Å²) in [7, 11) is 0. The van der Waals surface area contributed by atoms with Crippen molar-refractivity contribution in [3.05, 3.63) is 75.7 Å². The van der Waals surface area contributed by atoms with Crippen LogP contribution in [0.15, 0.2) is 58.6 Å². The lowest BCUT2D eigenvalue weighted by Crippen LogP contribution is -2.49. The molecule has 1 aliphatic heterocycles. The zero-order chi connectivity index (χ0) is 26.5. The van der Waals surface area contributed by atoms with Crippen molar-refractivity contribution in [1.82, 2.24) is 5.32 Å². The molecule has 1 amide bonds. The number of hydrogen-bond donors (Lipinski definition) is 2. The van der Waals surface area contributed by atoms with Gasteiger partial charge >= 0.3 is 0 Å². The molecule has 3 rings (SSSR count). The van der Waals surface area contributed by atoms with Crippen LogP contribution in [0.2, 0.25) is 0 Å². The predicted molar refractivity (Wildman–Crippen MR) is 141 cm³/mol. The lowest BCUT2D eigenvalue weighted by Gasteiger charge is -2.24. The van der Waals surface area contributed by atoms with Crippen LogP contribution in [-0.4, -0.2) is 61.5 Å². The SMILES string of the molecule is CC(C)OCCCNC(=O)[C@@]1(Cc2ccccc2CN=[N+]=[N-])COC(c2ccc(OCCCO)cc2)=N1. The fourth-order valence-corrected chi connectivity index (χ4v) is 3.89. The minimum atomic E-state index is -1.17. The quantitative estimate of drug-likeness (QED) is 0.162. The number of rotatable bonds is 15. The van der Waals surface area contributed by atoms with Gasteiger partial charge in [0.1, 0.15) is 12.4 Å². The lowest BCUT2D eigenvalue weighted by molar-refractivity contribution is -0.126. The largest absolute Gasteiger partial charge is 0.494 e. The van der Waals surface area contributed by atoms with Gasteiger partial charge in [-0.15, -0.1) is 0 Å². The maximum atomic E-state index is 13.5. The highest BCUT2D eigenvalue weighted by molar-refractivity contribution is 6.00. The fourth-order valence-electron chi connectivity index (χ4n) is 3.89. The molecule has 2 N–H and O–H groups in total. The van der Waals surface area contributed by atoms with E-state index in [1.165, 1.54) is 0 Å². The molecule has 0 radical (unpaired) electrons. The van der Waals surface area contributed by atoms with Crippen molar-refractivity contribution in [2.75, 3.05) is 33.0 Å². The van der Waals surface area contributed by atoms with Crippen LogP contribution in [0.25, 0.3) is 10.4 Å². The third-order valence-electron chi connectivity index (χ3n) is 5.82. The third-order valence-corrected chi connectivity index (χ3v) is 5.82. The van der Waals surface area contributed by atoms with Crippen LogP contribution in [0.1, 0.15) is 43.4 Å². The van der Waals surface area contributed by atoms with Crippen LogP contribution >= 0.6 is 0 Å². The van der Waals surface area contributed by atoms with E-state index in [2.05, 4.69) is 15.3 Å². The van der Waals surface area contributed by atoms with E-state index in [0.29, 0.717) is 50.7 Å².